The molecule has 1 fully saturated rings. The third kappa shape index (κ3) is 5.43. The lowest BCUT2D eigenvalue weighted by molar-refractivity contribution is 0.241. The van der Waals surface area contributed by atoms with Crippen LogP contribution in [-0.2, 0) is 10.0 Å². The van der Waals surface area contributed by atoms with E-state index in [4.69, 9.17) is 5.73 Å². The minimum atomic E-state index is -3.13. The largest absolute Gasteiger partial charge is 0.328 e. The van der Waals surface area contributed by atoms with E-state index < -0.39 is 10.0 Å². The van der Waals surface area contributed by atoms with Crippen LogP contribution in [0, 0.1) is 11.3 Å². The summed E-state index contributed by atoms with van der Waals surface area (Å²) in [5, 5.41) is 0. The molecular weight excluding hydrogens is 272 g/mol. The average molecular weight is 299 g/mol. The third-order valence-electron chi connectivity index (χ3n) is 3.17. The molecule has 0 bridgehead atoms. The van der Waals surface area contributed by atoms with E-state index in [0.717, 1.165) is 12.8 Å². The topological polar surface area (TPSA) is 63.4 Å². The first-order valence-corrected chi connectivity index (χ1v) is 7.96. The summed E-state index contributed by atoms with van der Waals surface area (Å²) < 4.78 is 26.1. The molecule has 1 saturated heterocycles. The van der Waals surface area contributed by atoms with Crippen LogP contribution in [0.4, 0.5) is 0 Å². The Bertz CT molecular complexity index is 350. The Morgan fingerprint density at radius 2 is 1.94 bits per heavy atom. The predicted molar refractivity (Wildman–Crippen MR) is 78.4 cm³/mol. The van der Waals surface area contributed by atoms with Crippen LogP contribution < -0.4 is 5.73 Å². The van der Waals surface area contributed by atoms with Crippen molar-refractivity contribution in [2.45, 2.75) is 46.6 Å². The minimum absolute atomic E-state index is 0. The first-order valence-electron chi connectivity index (χ1n) is 6.35. The van der Waals surface area contributed by atoms with Gasteiger partial charge >= 0.3 is 0 Å². The predicted octanol–water partition coefficient (Wildman–Crippen LogP) is 1.84. The van der Waals surface area contributed by atoms with Crippen LogP contribution in [0.15, 0.2) is 0 Å². The molecular formula is C12H27ClN2O2S. The maximum atomic E-state index is 12.3. The fourth-order valence-corrected chi connectivity index (χ4v) is 4.40. The van der Waals surface area contributed by atoms with Crippen LogP contribution in [0.25, 0.3) is 0 Å². The van der Waals surface area contributed by atoms with E-state index >= 15 is 0 Å². The molecule has 1 heterocycles. The molecule has 0 radical (unpaired) electrons. The number of halogens is 1. The minimum Gasteiger partial charge on any atom is -0.328 e. The summed E-state index contributed by atoms with van der Waals surface area (Å²) in [6.07, 6.45) is 1.97. The van der Waals surface area contributed by atoms with E-state index in [9.17, 15) is 8.42 Å². The Morgan fingerprint density at radius 1 is 1.39 bits per heavy atom. The molecule has 2 N–H and O–H groups in total. The van der Waals surface area contributed by atoms with Gasteiger partial charge in [0, 0.05) is 19.1 Å². The number of nitrogens with two attached hydrogens (primary N) is 1. The van der Waals surface area contributed by atoms with E-state index in [0.29, 0.717) is 19.0 Å². The summed E-state index contributed by atoms with van der Waals surface area (Å²) in [6, 6.07) is 0.0719. The highest BCUT2D eigenvalue weighted by Gasteiger charge is 2.32. The lowest BCUT2D eigenvalue weighted by atomic mass is 9.93. The lowest BCUT2D eigenvalue weighted by Crippen LogP contribution is -2.46. The molecule has 0 saturated carbocycles. The van der Waals surface area contributed by atoms with Crippen LogP contribution in [-0.4, -0.2) is 37.6 Å². The summed E-state index contributed by atoms with van der Waals surface area (Å²) in [7, 11) is -3.13. The van der Waals surface area contributed by atoms with Crippen molar-refractivity contribution < 1.29 is 8.42 Å². The van der Waals surface area contributed by atoms with Gasteiger partial charge in [0.15, 0.2) is 0 Å². The van der Waals surface area contributed by atoms with Crippen molar-refractivity contribution in [1.82, 2.24) is 4.31 Å². The first kappa shape index (κ1) is 18.2. The van der Waals surface area contributed by atoms with Crippen molar-refractivity contribution in [2.75, 3.05) is 18.8 Å². The van der Waals surface area contributed by atoms with Crippen molar-refractivity contribution in [1.29, 1.82) is 0 Å². The summed E-state index contributed by atoms with van der Waals surface area (Å²) in [6.45, 7) is 9.08. The first-order chi connectivity index (χ1) is 7.62. The van der Waals surface area contributed by atoms with Crippen LogP contribution >= 0.6 is 12.4 Å². The quantitative estimate of drug-likeness (QED) is 0.865. The van der Waals surface area contributed by atoms with E-state index in [-0.39, 0.29) is 29.6 Å². The highest BCUT2D eigenvalue weighted by atomic mass is 35.5. The summed E-state index contributed by atoms with van der Waals surface area (Å²) in [5.74, 6) is 0.518. The van der Waals surface area contributed by atoms with Crippen molar-refractivity contribution >= 4 is 22.4 Å². The fourth-order valence-electron chi connectivity index (χ4n) is 2.29. The van der Waals surface area contributed by atoms with Crippen molar-refractivity contribution in [3.63, 3.8) is 0 Å². The maximum absolute atomic E-state index is 12.3. The molecule has 1 rings (SSSR count). The standard InChI is InChI=1S/C12H26N2O2S.ClH/c1-10(13)11-6-5-7-14(8-11)17(15,16)9-12(2,3)4;/h10-11H,5-9,13H2,1-4H3;1H. The highest BCUT2D eigenvalue weighted by molar-refractivity contribution is 7.89. The zero-order valence-corrected chi connectivity index (χ0v) is 13.5. The molecule has 2 atom stereocenters. The zero-order valence-electron chi connectivity index (χ0n) is 11.8. The monoisotopic (exact) mass is 298 g/mol. The maximum Gasteiger partial charge on any atom is 0.214 e. The van der Waals surface area contributed by atoms with Gasteiger partial charge in [-0.3, -0.25) is 0 Å². The zero-order chi connectivity index (χ0) is 13.3. The number of nitrogens with zero attached hydrogens (tertiary/aromatic N) is 1. The van der Waals surface area contributed by atoms with Gasteiger partial charge in [-0.05, 0) is 31.1 Å². The number of hydrogen-bond acceptors (Lipinski definition) is 3. The van der Waals surface area contributed by atoms with Gasteiger partial charge in [-0.25, -0.2) is 12.7 Å². The van der Waals surface area contributed by atoms with Crippen LogP contribution in [0.1, 0.15) is 40.5 Å². The van der Waals surface area contributed by atoms with Gasteiger partial charge in [0.1, 0.15) is 0 Å². The Balaban J connectivity index is 0.00000289. The molecule has 6 heteroatoms. The van der Waals surface area contributed by atoms with Crippen molar-refractivity contribution in [3.8, 4) is 0 Å². The third-order valence-corrected chi connectivity index (χ3v) is 5.52. The molecule has 2 unspecified atom stereocenters. The van der Waals surface area contributed by atoms with Gasteiger partial charge in [-0.2, -0.15) is 0 Å². The van der Waals surface area contributed by atoms with E-state index in [1.807, 2.05) is 27.7 Å². The molecule has 4 nitrogen and oxygen atoms in total. The number of sulfonamides is 1. The molecule has 110 valence electrons. The van der Waals surface area contributed by atoms with E-state index in [2.05, 4.69) is 0 Å². The lowest BCUT2D eigenvalue weighted by Gasteiger charge is -2.35. The smallest absolute Gasteiger partial charge is 0.214 e. The fraction of sp³-hybridized carbons (Fsp3) is 1.00. The molecule has 0 aromatic rings. The van der Waals surface area contributed by atoms with Gasteiger partial charge in [-0.1, -0.05) is 20.8 Å². The summed E-state index contributed by atoms with van der Waals surface area (Å²) in [4.78, 5) is 0. The molecule has 0 amide bonds. The molecule has 18 heavy (non-hydrogen) atoms. The normalized spacial score (nSPS) is 24.4. The second kappa shape index (κ2) is 6.55. The highest BCUT2D eigenvalue weighted by Crippen LogP contribution is 2.25. The molecule has 0 aromatic carbocycles. The SMILES string of the molecule is CC(N)C1CCCN(S(=O)(=O)CC(C)(C)C)C1.Cl. The Labute approximate surface area is 118 Å². The number of rotatable bonds is 3. The molecule has 0 aromatic heterocycles. The molecule has 0 spiro atoms. The van der Waals surface area contributed by atoms with Crippen molar-refractivity contribution in [3.05, 3.63) is 0 Å². The van der Waals surface area contributed by atoms with Gasteiger partial charge in [0.25, 0.3) is 0 Å². The second-order valence-corrected chi connectivity index (χ2v) is 8.41. The Kier molecular flexibility index (Phi) is 6.61. The molecule has 1 aliphatic heterocycles. The Hall–Kier alpha value is 0.160. The summed E-state index contributed by atoms with van der Waals surface area (Å²) in [5.41, 5.74) is 5.68. The number of hydrogen-bond donors (Lipinski definition) is 1. The Morgan fingerprint density at radius 3 is 2.39 bits per heavy atom. The van der Waals surface area contributed by atoms with E-state index in [1.165, 1.54) is 0 Å². The summed E-state index contributed by atoms with van der Waals surface area (Å²) >= 11 is 0. The van der Waals surface area contributed by atoms with E-state index in [1.54, 1.807) is 4.31 Å². The van der Waals surface area contributed by atoms with Crippen LogP contribution in [0.2, 0.25) is 0 Å². The van der Waals surface area contributed by atoms with Crippen molar-refractivity contribution in [2.24, 2.45) is 17.1 Å². The molecule has 0 aliphatic carbocycles. The number of piperidine rings is 1. The van der Waals surface area contributed by atoms with Crippen LogP contribution in [0.3, 0.4) is 0 Å². The second-order valence-electron chi connectivity index (χ2n) is 6.44. The van der Waals surface area contributed by atoms with Gasteiger partial charge in [0.05, 0.1) is 5.75 Å². The van der Waals surface area contributed by atoms with Gasteiger partial charge < -0.3 is 5.73 Å². The average Bonchev–Trinajstić information content (AvgIpc) is 2.14. The van der Waals surface area contributed by atoms with Gasteiger partial charge in [0.2, 0.25) is 10.0 Å². The molecule has 1 aliphatic rings. The van der Waals surface area contributed by atoms with Gasteiger partial charge in [-0.15, -0.1) is 12.4 Å². The van der Waals surface area contributed by atoms with Crippen LogP contribution in [0.5, 0.6) is 0 Å².